The molecule has 1 aromatic rings. The zero-order chi connectivity index (χ0) is 10.7. The number of aliphatic imine (C=N–C) groups is 1. The maximum atomic E-state index is 4.23. The summed E-state index contributed by atoms with van der Waals surface area (Å²) in [4.78, 5) is 6.51. The van der Waals surface area contributed by atoms with Crippen LogP contribution in [0.5, 0.6) is 0 Å². The maximum absolute atomic E-state index is 4.23. The Balaban J connectivity index is 0.00000128. The van der Waals surface area contributed by atoms with Gasteiger partial charge in [-0.05, 0) is 17.5 Å². The molecule has 0 unspecified atom stereocenters. The van der Waals surface area contributed by atoms with Crippen molar-refractivity contribution < 1.29 is 0 Å². The van der Waals surface area contributed by atoms with Crippen molar-refractivity contribution in [3.8, 4) is 0 Å². The molecule has 0 saturated heterocycles. The van der Waals surface area contributed by atoms with Gasteiger partial charge in [-0.2, -0.15) is 0 Å². The first-order valence-corrected chi connectivity index (χ1v) is 5.31. The van der Waals surface area contributed by atoms with E-state index in [-0.39, 0.29) is 24.0 Å². The van der Waals surface area contributed by atoms with Crippen LogP contribution in [-0.2, 0) is 13.0 Å². The molecule has 16 heavy (non-hydrogen) atoms. The van der Waals surface area contributed by atoms with Crippen LogP contribution in [0.25, 0.3) is 0 Å². The lowest BCUT2D eigenvalue weighted by Gasteiger charge is -2.30. The number of benzene rings is 1. The molecule has 0 aliphatic carbocycles. The predicted octanol–water partition coefficient (Wildman–Crippen LogP) is 1.87. The standard InChI is InChI=1S/C12H17N3.HI/c1-13-12(14-2)15-8-7-10-5-3-4-6-11(10)9-15;/h3-6H,7-9H2,1-2H3,(H,13,14);1H. The van der Waals surface area contributed by atoms with Crippen LogP contribution in [0.4, 0.5) is 0 Å². The fraction of sp³-hybridized carbons (Fsp3) is 0.417. The Morgan fingerprint density at radius 1 is 1.31 bits per heavy atom. The molecule has 0 bridgehead atoms. The molecule has 88 valence electrons. The van der Waals surface area contributed by atoms with Crippen LogP contribution in [-0.4, -0.2) is 31.5 Å². The van der Waals surface area contributed by atoms with Crippen molar-refractivity contribution in [1.82, 2.24) is 10.2 Å². The number of halogens is 1. The van der Waals surface area contributed by atoms with Crippen LogP contribution >= 0.6 is 24.0 Å². The smallest absolute Gasteiger partial charge is 0.193 e. The summed E-state index contributed by atoms with van der Waals surface area (Å²) < 4.78 is 0. The highest BCUT2D eigenvalue weighted by molar-refractivity contribution is 14.0. The molecule has 0 radical (unpaired) electrons. The third-order valence-corrected chi connectivity index (χ3v) is 2.87. The van der Waals surface area contributed by atoms with Crippen molar-refractivity contribution >= 4 is 29.9 Å². The fourth-order valence-corrected chi connectivity index (χ4v) is 2.09. The molecule has 3 nitrogen and oxygen atoms in total. The summed E-state index contributed by atoms with van der Waals surface area (Å²) in [5.74, 6) is 0.976. The molecule has 1 aliphatic heterocycles. The number of hydrogen-bond acceptors (Lipinski definition) is 1. The fourth-order valence-electron chi connectivity index (χ4n) is 2.09. The van der Waals surface area contributed by atoms with E-state index in [0.29, 0.717) is 0 Å². The van der Waals surface area contributed by atoms with Crippen LogP contribution in [0, 0.1) is 0 Å². The number of guanidine groups is 1. The summed E-state index contributed by atoms with van der Waals surface area (Å²) in [6, 6.07) is 8.63. The monoisotopic (exact) mass is 331 g/mol. The zero-order valence-corrected chi connectivity index (χ0v) is 12.1. The molecule has 2 rings (SSSR count). The van der Waals surface area contributed by atoms with Gasteiger partial charge < -0.3 is 10.2 Å². The number of rotatable bonds is 0. The van der Waals surface area contributed by atoms with E-state index in [1.54, 1.807) is 0 Å². The molecule has 0 saturated carbocycles. The van der Waals surface area contributed by atoms with Gasteiger partial charge in [-0.25, -0.2) is 0 Å². The van der Waals surface area contributed by atoms with Gasteiger partial charge in [0.2, 0.25) is 0 Å². The van der Waals surface area contributed by atoms with E-state index in [9.17, 15) is 0 Å². The lowest BCUT2D eigenvalue weighted by molar-refractivity contribution is 0.382. The summed E-state index contributed by atoms with van der Waals surface area (Å²) in [6.07, 6.45) is 1.11. The van der Waals surface area contributed by atoms with Crippen LogP contribution in [0.3, 0.4) is 0 Å². The first kappa shape index (κ1) is 13.3. The highest BCUT2D eigenvalue weighted by Gasteiger charge is 2.17. The summed E-state index contributed by atoms with van der Waals surface area (Å²) in [7, 11) is 3.75. The molecule has 1 aromatic carbocycles. The van der Waals surface area contributed by atoms with Gasteiger partial charge in [0.05, 0.1) is 0 Å². The lowest BCUT2D eigenvalue weighted by atomic mass is 10.0. The van der Waals surface area contributed by atoms with E-state index in [1.807, 2.05) is 14.1 Å². The summed E-state index contributed by atoms with van der Waals surface area (Å²) in [6.45, 7) is 2.01. The highest BCUT2D eigenvalue weighted by atomic mass is 127. The van der Waals surface area contributed by atoms with E-state index >= 15 is 0 Å². The Hall–Kier alpha value is -0.780. The van der Waals surface area contributed by atoms with E-state index < -0.39 is 0 Å². The molecular weight excluding hydrogens is 313 g/mol. The molecule has 1 aliphatic rings. The Kier molecular flexibility index (Phi) is 5.05. The molecule has 0 amide bonds. The largest absolute Gasteiger partial charge is 0.359 e. The number of nitrogens with one attached hydrogen (secondary N) is 1. The van der Waals surface area contributed by atoms with Gasteiger partial charge in [-0.3, -0.25) is 4.99 Å². The van der Waals surface area contributed by atoms with Crippen LogP contribution in [0.15, 0.2) is 29.3 Å². The first-order chi connectivity index (χ1) is 7.35. The topological polar surface area (TPSA) is 27.6 Å². The van der Waals surface area contributed by atoms with Gasteiger partial charge in [0.15, 0.2) is 5.96 Å². The van der Waals surface area contributed by atoms with Gasteiger partial charge in [-0.1, -0.05) is 24.3 Å². The van der Waals surface area contributed by atoms with Gasteiger partial charge in [-0.15, -0.1) is 24.0 Å². The second-order valence-electron chi connectivity index (χ2n) is 3.74. The van der Waals surface area contributed by atoms with Crippen LogP contribution in [0.2, 0.25) is 0 Å². The molecule has 1 heterocycles. The van der Waals surface area contributed by atoms with Crippen LogP contribution in [0.1, 0.15) is 11.1 Å². The van der Waals surface area contributed by atoms with Gasteiger partial charge in [0.1, 0.15) is 0 Å². The molecule has 0 atom stereocenters. The highest BCUT2D eigenvalue weighted by Crippen LogP contribution is 2.18. The zero-order valence-electron chi connectivity index (χ0n) is 9.73. The molecule has 4 heteroatoms. The summed E-state index contributed by atoms with van der Waals surface area (Å²) in [5.41, 5.74) is 2.89. The maximum Gasteiger partial charge on any atom is 0.193 e. The van der Waals surface area contributed by atoms with E-state index in [4.69, 9.17) is 0 Å². The second-order valence-corrected chi connectivity index (χ2v) is 3.74. The normalized spacial score (nSPS) is 15.1. The van der Waals surface area contributed by atoms with E-state index in [2.05, 4.69) is 39.5 Å². The predicted molar refractivity (Wildman–Crippen MR) is 78.4 cm³/mol. The van der Waals surface area contributed by atoms with Crippen LogP contribution < -0.4 is 5.32 Å². The molecule has 0 aromatic heterocycles. The minimum atomic E-state index is 0. The Morgan fingerprint density at radius 2 is 2.00 bits per heavy atom. The van der Waals surface area contributed by atoms with Gasteiger partial charge in [0.25, 0.3) is 0 Å². The lowest BCUT2D eigenvalue weighted by Crippen LogP contribution is -2.42. The van der Waals surface area contributed by atoms with Gasteiger partial charge in [0, 0.05) is 27.2 Å². The summed E-state index contributed by atoms with van der Waals surface area (Å²) >= 11 is 0. The third kappa shape index (κ3) is 2.66. The first-order valence-electron chi connectivity index (χ1n) is 5.31. The Bertz CT molecular complexity index is 376. The average molecular weight is 331 g/mol. The average Bonchev–Trinajstić information content (AvgIpc) is 2.30. The van der Waals surface area contributed by atoms with Crippen molar-refractivity contribution in [2.45, 2.75) is 13.0 Å². The number of nitrogens with zero attached hydrogens (tertiary/aromatic N) is 2. The SMILES string of the molecule is CN=C(NC)N1CCc2ccccc2C1.I. The van der Waals surface area contributed by atoms with E-state index in [0.717, 1.165) is 25.5 Å². The van der Waals surface area contributed by atoms with Crippen molar-refractivity contribution in [3.63, 3.8) is 0 Å². The molecule has 0 spiro atoms. The van der Waals surface area contributed by atoms with Crippen molar-refractivity contribution in [2.24, 2.45) is 4.99 Å². The van der Waals surface area contributed by atoms with E-state index in [1.165, 1.54) is 11.1 Å². The summed E-state index contributed by atoms with van der Waals surface area (Å²) in [5, 5.41) is 3.13. The van der Waals surface area contributed by atoms with Crippen molar-refractivity contribution in [2.75, 3.05) is 20.6 Å². The van der Waals surface area contributed by atoms with Gasteiger partial charge >= 0.3 is 0 Å². The number of hydrogen-bond donors (Lipinski definition) is 1. The van der Waals surface area contributed by atoms with Crippen molar-refractivity contribution in [1.29, 1.82) is 0 Å². The molecule has 0 fully saturated rings. The Morgan fingerprint density at radius 3 is 2.62 bits per heavy atom. The third-order valence-electron chi connectivity index (χ3n) is 2.87. The minimum Gasteiger partial charge on any atom is -0.359 e. The quantitative estimate of drug-likeness (QED) is 0.447. The van der Waals surface area contributed by atoms with Crippen molar-refractivity contribution in [3.05, 3.63) is 35.4 Å². The minimum absolute atomic E-state index is 0. The molecular formula is C12H18IN3. The molecule has 1 N–H and O–H groups in total. The number of fused-ring (bicyclic) bond motifs is 1. The second kappa shape index (κ2) is 6.08. The Labute approximate surface area is 114 Å².